The molecule has 0 spiro atoms. The number of hydrogen-bond acceptors (Lipinski definition) is 5. The second kappa shape index (κ2) is 3.92. The number of rotatable bonds is 1. The molecular weight excluding hydrogens is 302 g/mol. The van der Waals surface area contributed by atoms with Crippen molar-refractivity contribution in [3.05, 3.63) is 17.2 Å². The van der Waals surface area contributed by atoms with Crippen LogP contribution in [0.25, 0.3) is 0 Å². The first kappa shape index (κ1) is 13.3. The maximum Gasteiger partial charge on any atom is 0.286 e. The molecule has 18 heavy (non-hydrogen) atoms. The zero-order chi connectivity index (χ0) is 13.7. The van der Waals surface area contributed by atoms with Crippen LogP contribution in [0.1, 0.15) is 6.92 Å². The molecule has 0 radical (unpaired) electrons. The molecule has 0 bridgehead atoms. The highest BCUT2D eigenvalue weighted by Gasteiger charge is 2.27. The molecule has 1 aliphatic heterocycles. The fourth-order valence-corrected chi connectivity index (χ4v) is 3.84. The van der Waals surface area contributed by atoms with Gasteiger partial charge in [0.1, 0.15) is 15.6 Å². The van der Waals surface area contributed by atoms with Crippen molar-refractivity contribution in [3.8, 4) is 0 Å². The Labute approximate surface area is 109 Å². The minimum absolute atomic E-state index is 0.159. The van der Waals surface area contributed by atoms with Gasteiger partial charge in [0.15, 0.2) is 0 Å². The lowest BCUT2D eigenvalue weighted by atomic mass is 10.3. The van der Waals surface area contributed by atoms with Gasteiger partial charge in [0.05, 0.1) is 10.7 Å². The summed E-state index contributed by atoms with van der Waals surface area (Å²) >= 11 is 5.75. The molecule has 0 atom stereocenters. The topological polar surface area (TPSA) is 119 Å². The SMILES string of the molecule is CC1=NS(=O)(=O)c2cc(S(N)(=O)=O)c(Cl)cc2N1. The Bertz CT molecular complexity index is 768. The second-order valence-corrected chi connectivity index (χ2v) is 7.11. The van der Waals surface area contributed by atoms with Crippen LogP contribution in [0.5, 0.6) is 0 Å². The number of benzene rings is 1. The molecule has 0 saturated heterocycles. The molecule has 7 nitrogen and oxygen atoms in total. The number of nitrogens with two attached hydrogens (primary N) is 1. The van der Waals surface area contributed by atoms with Crippen LogP contribution >= 0.6 is 11.6 Å². The van der Waals surface area contributed by atoms with Crippen molar-refractivity contribution < 1.29 is 16.8 Å². The van der Waals surface area contributed by atoms with E-state index in [0.29, 0.717) is 0 Å². The number of primary sulfonamides is 1. The molecule has 0 aromatic heterocycles. The third-order valence-corrected chi connectivity index (χ3v) is 4.97. The molecule has 1 aromatic carbocycles. The number of hydrogen-bond donors (Lipinski definition) is 2. The third kappa shape index (κ3) is 2.21. The summed E-state index contributed by atoms with van der Waals surface area (Å²) in [6.45, 7) is 1.46. The van der Waals surface area contributed by atoms with Gasteiger partial charge >= 0.3 is 0 Å². The van der Waals surface area contributed by atoms with Gasteiger partial charge in [-0.1, -0.05) is 11.6 Å². The van der Waals surface area contributed by atoms with Crippen molar-refractivity contribution in [1.82, 2.24) is 0 Å². The van der Waals surface area contributed by atoms with Gasteiger partial charge < -0.3 is 5.32 Å². The van der Waals surface area contributed by atoms with Gasteiger partial charge in [-0.25, -0.2) is 13.6 Å². The molecule has 10 heteroatoms. The van der Waals surface area contributed by atoms with E-state index in [1.54, 1.807) is 0 Å². The fourth-order valence-electron chi connectivity index (χ4n) is 1.51. The standard InChI is InChI=1S/C8H8ClN3O4S2/c1-4-11-6-2-5(9)7(17(10,13)14)3-8(6)18(15,16)12-4/h2-3H,1H3,(H,11,12)(H2,10,13,14). The summed E-state index contributed by atoms with van der Waals surface area (Å²) in [5, 5.41) is 7.47. The number of sulfonamides is 2. The monoisotopic (exact) mass is 309 g/mol. The Balaban J connectivity index is 2.82. The van der Waals surface area contributed by atoms with E-state index in [-0.39, 0.29) is 21.4 Å². The normalized spacial score (nSPS) is 17.6. The van der Waals surface area contributed by atoms with Crippen LogP contribution < -0.4 is 10.5 Å². The summed E-state index contributed by atoms with van der Waals surface area (Å²) in [5.74, 6) is 0.168. The zero-order valence-electron chi connectivity index (χ0n) is 9.01. The van der Waals surface area contributed by atoms with Gasteiger partial charge in [-0.2, -0.15) is 8.42 Å². The lowest BCUT2D eigenvalue weighted by Gasteiger charge is -2.17. The predicted octanol–water partition coefficient (Wildman–Crippen LogP) is 0.520. The molecule has 0 saturated carbocycles. The first-order valence-electron chi connectivity index (χ1n) is 4.56. The van der Waals surface area contributed by atoms with Gasteiger partial charge in [-0.15, -0.1) is 4.40 Å². The van der Waals surface area contributed by atoms with Gasteiger partial charge in [0.2, 0.25) is 10.0 Å². The van der Waals surface area contributed by atoms with E-state index in [4.69, 9.17) is 16.7 Å². The minimum atomic E-state index is -4.10. The average Bonchev–Trinajstić information content (AvgIpc) is 2.12. The maximum absolute atomic E-state index is 11.8. The van der Waals surface area contributed by atoms with E-state index in [0.717, 1.165) is 6.07 Å². The van der Waals surface area contributed by atoms with E-state index in [9.17, 15) is 16.8 Å². The van der Waals surface area contributed by atoms with E-state index >= 15 is 0 Å². The summed E-state index contributed by atoms with van der Waals surface area (Å²) in [7, 11) is -8.05. The summed E-state index contributed by atoms with van der Waals surface area (Å²) in [4.78, 5) is -0.732. The van der Waals surface area contributed by atoms with E-state index in [2.05, 4.69) is 9.71 Å². The number of halogens is 1. The highest BCUT2D eigenvalue weighted by atomic mass is 35.5. The van der Waals surface area contributed by atoms with Gasteiger partial charge in [0.25, 0.3) is 10.0 Å². The largest absolute Gasteiger partial charge is 0.342 e. The smallest absolute Gasteiger partial charge is 0.286 e. The van der Waals surface area contributed by atoms with Crippen molar-refractivity contribution in [2.24, 2.45) is 9.54 Å². The Kier molecular flexibility index (Phi) is 2.89. The Morgan fingerprint density at radius 2 is 2.00 bits per heavy atom. The van der Waals surface area contributed by atoms with Crippen LogP contribution in [-0.4, -0.2) is 22.7 Å². The van der Waals surface area contributed by atoms with E-state index in [1.165, 1.54) is 13.0 Å². The molecular formula is C8H8ClN3O4S2. The first-order chi connectivity index (χ1) is 8.11. The van der Waals surface area contributed by atoms with Crippen LogP contribution in [-0.2, 0) is 20.0 Å². The van der Waals surface area contributed by atoms with Gasteiger partial charge in [-0.05, 0) is 19.1 Å². The number of amidine groups is 1. The highest BCUT2D eigenvalue weighted by Crippen LogP contribution is 2.34. The Hall–Kier alpha value is -1.16. The molecule has 98 valence electrons. The molecule has 2 rings (SSSR count). The molecule has 1 aliphatic rings. The van der Waals surface area contributed by atoms with Crippen LogP contribution in [0.3, 0.4) is 0 Å². The fraction of sp³-hybridized carbons (Fsp3) is 0.125. The molecule has 1 aromatic rings. The number of fused-ring (bicyclic) bond motifs is 1. The molecule has 3 N–H and O–H groups in total. The first-order valence-corrected chi connectivity index (χ1v) is 7.92. The lowest BCUT2D eigenvalue weighted by molar-refractivity contribution is 0.596. The summed E-state index contributed by atoms with van der Waals surface area (Å²) in [6.07, 6.45) is 0. The molecule has 0 fully saturated rings. The maximum atomic E-state index is 11.8. The van der Waals surface area contributed by atoms with E-state index in [1.807, 2.05) is 0 Å². The van der Waals surface area contributed by atoms with Crippen molar-refractivity contribution in [1.29, 1.82) is 0 Å². The van der Waals surface area contributed by atoms with E-state index < -0.39 is 24.9 Å². The quantitative estimate of drug-likeness (QED) is 0.784. The Morgan fingerprint density at radius 3 is 2.56 bits per heavy atom. The summed E-state index contributed by atoms with van der Waals surface area (Å²) < 4.78 is 49.5. The van der Waals surface area contributed by atoms with Crippen LogP contribution in [0, 0.1) is 0 Å². The number of nitrogens with zero attached hydrogens (tertiary/aromatic N) is 1. The van der Waals surface area contributed by atoms with Crippen molar-refractivity contribution in [2.75, 3.05) is 5.32 Å². The van der Waals surface area contributed by atoms with Crippen molar-refractivity contribution in [3.63, 3.8) is 0 Å². The van der Waals surface area contributed by atoms with Crippen LogP contribution in [0.4, 0.5) is 5.69 Å². The second-order valence-electron chi connectivity index (χ2n) is 3.60. The molecule has 1 heterocycles. The zero-order valence-corrected chi connectivity index (χ0v) is 11.4. The average molecular weight is 310 g/mol. The van der Waals surface area contributed by atoms with Crippen LogP contribution in [0.15, 0.2) is 26.3 Å². The number of nitrogens with one attached hydrogen (secondary N) is 1. The van der Waals surface area contributed by atoms with Crippen LogP contribution in [0.2, 0.25) is 5.02 Å². The number of anilines is 1. The highest BCUT2D eigenvalue weighted by molar-refractivity contribution is 7.91. The summed E-state index contributed by atoms with van der Waals surface area (Å²) in [6, 6.07) is 2.08. The third-order valence-electron chi connectivity index (χ3n) is 2.19. The van der Waals surface area contributed by atoms with Crippen molar-refractivity contribution >= 4 is 43.2 Å². The summed E-state index contributed by atoms with van der Waals surface area (Å²) in [5.41, 5.74) is 0.167. The minimum Gasteiger partial charge on any atom is -0.342 e. The predicted molar refractivity (Wildman–Crippen MR) is 66.7 cm³/mol. The van der Waals surface area contributed by atoms with Gasteiger partial charge in [-0.3, -0.25) is 0 Å². The molecule has 0 aliphatic carbocycles. The Morgan fingerprint density at radius 1 is 1.39 bits per heavy atom. The van der Waals surface area contributed by atoms with Gasteiger partial charge in [0, 0.05) is 0 Å². The van der Waals surface area contributed by atoms with Crippen molar-refractivity contribution in [2.45, 2.75) is 16.7 Å². The molecule has 0 unspecified atom stereocenters. The molecule has 0 amide bonds. The lowest BCUT2D eigenvalue weighted by Crippen LogP contribution is -2.20.